The molecule has 1 aromatic carbocycles. The van der Waals surface area contributed by atoms with Gasteiger partial charge in [0, 0.05) is 19.6 Å². The van der Waals surface area contributed by atoms with Gasteiger partial charge in [0.25, 0.3) is 0 Å². The second-order valence-corrected chi connectivity index (χ2v) is 4.72. The fourth-order valence-electron chi connectivity index (χ4n) is 2.34. The molecule has 0 aliphatic carbocycles. The Labute approximate surface area is 110 Å². The summed E-state index contributed by atoms with van der Waals surface area (Å²) in [7, 11) is 0. The summed E-state index contributed by atoms with van der Waals surface area (Å²) in [6, 6.07) is 5.84. The molecule has 0 unspecified atom stereocenters. The fraction of sp³-hybridized carbons (Fsp3) is 0.333. The van der Waals surface area contributed by atoms with E-state index in [2.05, 4.69) is 19.7 Å². The van der Waals surface area contributed by atoms with Crippen LogP contribution in [0.15, 0.2) is 24.5 Å². The molecule has 0 saturated carbocycles. The zero-order valence-electron chi connectivity index (χ0n) is 9.88. The zero-order chi connectivity index (χ0) is 12.5. The maximum atomic E-state index is 6.30. The molecule has 0 fully saturated rings. The van der Waals surface area contributed by atoms with Gasteiger partial charge in [-0.1, -0.05) is 23.7 Å². The van der Waals surface area contributed by atoms with E-state index < -0.39 is 0 Å². The Bertz CT molecular complexity index is 565. The molecule has 0 spiro atoms. The number of fused-ring (bicyclic) bond motifs is 1. The number of halogens is 1. The molecule has 2 aromatic rings. The Balaban J connectivity index is 1.97. The van der Waals surface area contributed by atoms with E-state index in [4.69, 9.17) is 17.3 Å². The average molecular weight is 264 g/mol. The van der Waals surface area contributed by atoms with Crippen LogP contribution in [-0.4, -0.2) is 21.3 Å². The van der Waals surface area contributed by atoms with Crippen LogP contribution in [-0.2, 0) is 19.6 Å². The van der Waals surface area contributed by atoms with Crippen molar-refractivity contribution in [2.75, 3.05) is 11.4 Å². The molecular weight excluding hydrogens is 250 g/mol. The van der Waals surface area contributed by atoms with Crippen LogP contribution in [0.5, 0.6) is 0 Å². The van der Waals surface area contributed by atoms with Crippen molar-refractivity contribution in [1.29, 1.82) is 0 Å². The maximum absolute atomic E-state index is 6.30. The van der Waals surface area contributed by atoms with Crippen LogP contribution in [0, 0.1) is 0 Å². The number of nitrogens with zero attached hydrogens (tertiary/aromatic N) is 4. The Morgan fingerprint density at radius 3 is 3.06 bits per heavy atom. The standard InChI is InChI=1S/C12H14ClN5/c13-10-3-1-2-9(6-14)12(10)17-4-5-18-8-15-16-11(18)7-17/h1-3,8H,4-7,14H2. The highest BCUT2D eigenvalue weighted by molar-refractivity contribution is 6.33. The summed E-state index contributed by atoms with van der Waals surface area (Å²) >= 11 is 6.30. The lowest BCUT2D eigenvalue weighted by Crippen LogP contribution is -2.34. The van der Waals surface area contributed by atoms with Gasteiger partial charge < -0.3 is 15.2 Å². The smallest absolute Gasteiger partial charge is 0.152 e. The number of para-hydroxylation sites is 1. The minimum atomic E-state index is 0.485. The van der Waals surface area contributed by atoms with E-state index in [-0.39, 0.29) is 0 Å². The maximum Gasteiger partial charge on any atom is 0.152 e. The van der Waals surface area contributed by atoms with Crippen molar-refractivity contribution >= 4 is 17.3 Å². The molecule has 0 radical (unpaired) electrons. The zero-order valence-corrected chi connectivity index (χ0v) is 10.6. The first kappa shape index (κ1) is 11.5. The second kappa shape index (κ2) is 4.59. The van der Waals surface area contributed by atoms with Gasteiger partial charge in [-0.05, 0) is 11.6 Å². The third kappa shape index (κ3) is 1.85. The van der Waals surface area contributed by atoms with Crippen LogP contribution in [0.3, 0.4) is 0 Å². The Morgan fingerprint density at radius 1 is 1.33 bits per heavy atom. The predicted octanol–water partition coefficient (Wildman–Crippen LogP) is 1.41. The largest absolute Gasteiger partial charge is 0.361 e. The van der Waals surface area contributed by atoms with Gasteiger partial charge in [0.2, 0.25) is 0 Å². The van der Waals surface area contributed by atoms with E-state index in [0.717, 1.165) is 41.7 Å². The molecule has 1 aliphatic rings. The van der Waals surface area contributed by atoms with Gasteiger partial charge in [0.05, 0.1) is 17.3 Å². The number of rotatable bonds is 2. The minimum Gasteiger partial charge on any atom is -0.361 e. The first-order valence-electron chi connectivity index (χ1n) is 5.88. The molecule has 0 bridgehead atoms. The normalized spacial score (nSPS) is 14.7. The quantitative estimate of drug-likeness (QED) is 0.890. The number of benzene rings is 1. The van der Waals surface area contributed by atoms with E-state index >= 15 is 0 Å². The van der Waals surface area contributed by atoms with Crippen LogP contribution >= 0.6 is 11.6 Å². The number of hydrogen-bond donors (Lipinski definition) is 1. The van der Waals surface area contributed by atoms with Crippen molar-refractivity contribution in [3.63, 3.8) is 0 Å². The topological polar surface area (TPSA) is 60.0 Å². The van der Waals surface area contributed by atoms with Gasteiger partial charge >= 0.3 is 0 Å². The van der Waals surface area contributed by atoms with Crippen LogP contribution in [0.4, 0.5) is 5.69 Å². The van der Waals surface area contributed by atoms with Crippen molar-refractivity contribution < 1.29 is 0 Å². The van der Waals surface area contributed by atoms with Gasteiger partial charge in [-0.25, -0.2) is 0 Å². The molecule has 18 heavy (non-hydrogen) atoms. The van der Waals surface area contributed by atoms with Gasteiger partial charge in [0.15, 0.2) is 5.82 Å². The lowest BCUT2D eigenvalue weighted by molar-refractivity contribution is 0.559. The lowest BCUT2D eigenvalue weighted by atomic mass is 10.1. The van der Waals surface area contributed by atoms with Crippen molar-refractivity contribution in [2.24, 2.45) is 5.73 Å². The number of nitrogens with two attached hydrogens (primary N) is 1. The highest BCUT2D eigenvalue weighted by atomic mass is 35.5. The predicted molar refractivity (Wildman–Crippen MR) is 70.4 cm³/mol. The van der Waals surface area contributed by atoms with Gasteiger partial charge in [-0.2, -0.15) is 0 Å². The minimum absolute atomic E-state index is 0.485. The van der Waals surface area contributed by atoms with Crippen molar-refractivity contribution in [3.8, 4) is 0 Å². The summed E-state index contributed by atoms with van der Waals surface area (Å²) in [5.41, 5.74) is 7.87. The van der Waals surface area contributed by atoms with Gasteiger partial charge in [-0.3, -0.25) is 0 Å². The van der Waals surface area contributed by atoms with Crippen molar-refractivity contribution in [3.05, 3.63) is 40.9 Å². The van der Waals surface area contributed by atoms with E-state index in [1.54, 1.807) is 6.33 Å². The average Bonchev–Trinajstić information content (AvgIpc) is 2.85. The molecular formula is C12H14ClN5. The lowest BCUT2D eigenvalue weighted by Gasteiger charge is -2.31. The molecule has 1 aromatic heterocycles. The summed E-state index contributed by atoms with van der Waals surface area (Å²) in [6.07, 6.45) is 1.77. The Hall–Kier alpha value is -1.59. The highest BCUT2D eigenvalue weighted by Crippen LogP contribution is 2.31. The summed E-state index contributed by atoms with van der Waals surface area (Å²) in [5.74, 6) is 0.962. The second-order valence-electron chi connectivity index (χ2n) is 4.31. The molecule has 2 N–H and O–H groups in total. The van der Waals surface area contributed by atoms with E-state index in [9.17, 15) is 0 Å². The van der Waals surface area contributed by atoms with E-state index in [1.807, 2.05) is 18.2 Å². The summed E-state index contributed by atoms with van der Waals surface area (Å²) in [5, 5.41) is 8.78. The number of hydrogen-bond acceptors (Lipinski definition) is 4. The molecule has 5 nitrogen and oxygen atoms in total. The van der Waals surface area contributed by atoms with Gasteiger partial charge in [-0.15, -0.1) is 10.2 Å². The third-order valence-corrected chi connectivity index (χ3v) is 3.55. The Morgan fingerprint density at radius 2 is 2.22 bits per heavy atom. The monoisotopic (exact) mass is 263 g/mol. The molecule has 0 saturated heterocycles. The number of anilines is 1. The summed E-state index contributed by atoms with van der Waals surface area (Å²) in [6.45, 7) is 2.97. The Kier molecular flexibility index (Phi) is 2.93. The summed E-state index contributed by atoms with van der Waals surface area (Å²) in [4.78, 5) is 2.22. The highest BCUT2D eigenvalue weighted by Gasteiger charge is 2.21. The van der Waals surface area contributed by atoms with Crippen LogP contribution < -0.4 is 10.6 Å². The van der Waals surface area contributed by atoms with Crippen LogP contribution in [0.1, 0.15) is 11.4 Å². The molecule has 1 aliphatic heterocycles. The molecule has 0 atom stereocenters. The first-order valence-corrected chi connectivity index (χ1v) is 6.26. The van der Waals surface area contributed by atoms with Crippen LogP contribution in [0.25, 0.3) is 0 Å². The first-order chi connectivity index (χ1) is 8.79. The molecule has 3 rings (SSSR count). The van der Waals surface area contributed by atoms with E-state index in [1.165, 1.54) is 0 Å². The fourth-order valence-corrected chi connectivity index (χ4v) is 2.65. The van der Waals surface area contributed by atoms with Crippen molar-refractivity contribution in [1.82, 2.24) is 14.8 Å². The number of aromatic nitrogens is 3. The molecule has 6 heteroatoms. The third-order valence-electron chi connectivity index (χ3n) is 3.25. The van der Waals surface area contributed by atoms with Crippen molar-refractivity contribution in [2.45, 2.75) is 19.6 Å². The van der Waals surface area contributed by atoms with Crippen LogP contribution in [0.2, 0.25) is 5.02 Å². The molecule has 94 valence electrons. The SMILES string of the molecule is NCc1cccc(Cl)c1N1CCn2cnnc2C1. The summed E-state index contributed by atoms with van der Waals surface area (Å²) < 4.78 is 2.06. The molecule has 2 heterocycles. The van der Waals surface area contributed by atoms with E-state index in [0.29, 0.717) is 6.54 Å². The van der Waals surface area contributed by atoms with Gasteiger partial charge in [0.1, 0.15) is 6.33 Å². The molecule has 0 amide bonds.